The number of benzene rings is 2. The van der Waals surface area contributed by atoms with Gasteiger partial charge in [0.2, 0.25) is 5.95 Å². The molecule has 1 fully saturated rings. The van der Waals surface area contributed by atoms with Crippen LogP contribution < -0.4 is 5.32 Å². The second-order valence-corrected chi connectivity index (χ2v) is 7.33. The summed E-state index contributed by atoms with van der Waals surface area (Å²) in [6.45, 7) is 2.63. The number of anilines is 2. The lowest BCUT2D eigenvalue weighted by Gasteiger charge is -2.35. The molecule has 3 heterocycles. The van der Waals surface area contributed by atoms with E-state index < -0.39 is 0 Å². The molecule has 0 aliphatic carbocycles. The number of rotatable bonds is 5. The maximum atomic E-state index is 8.91. The quantitative estimate of drug-likeness (QED) is 0.565. The van der Waals surface area contributed by atoms with Crippen LogP contribution >= 0.6 is 0 Å². The Bertz CT molecular complexity index is 1170. The smallest absolute Gasteiger partial charge is 0.247 e. The molecule has 142 valence electrons. The van der Waals surface area contributed by atoms with Gasteiger partial charge >= 0.3 is 0 Å². The van der Waals surface area contributed by atoms with Crippen molar-refractivity contribution in [2.75, 3.05) is 18.4 Å². The fourth-order valence-corrected chi connectivity index (χ4v) is 3.66. The highest BCUT2D eigenvalue weighted by atomic mass is 15.3. The Labute approximate surface area is 169 Å². The van der Waals surface area contributed by atoms with Gasteiger partial charge in [-0.2, -0.15) is 10.2 Å². The first-order valence-corrected chi connectivity index (χ1v) is 9.67. The van der Waals surface area contributed by atoms with Gasteiger partial charge in [-0.1, -0.05) is 42.5 Å². The Morgan fingerprint density at radius 2 is 1.79 bits per heavy atom. The van der Waals surface area contributed by atoms with Crippen LogP contribution in [-0.4, -0.2) is 32.6 Å². The number of likely N-dealkylation sites (tertiary alicyclic amines) is 1. The van der Waals surface area contributed by atoms with Gasteiger partial charge in [-0.25, -0.2) is 4.52 Å². The molecule has 1 aliphatic heterocycles. The molecule has 2 aromatic carbocycles. The lowest BCUT2D eigenvalue weighted by molar-refractivity contribution is 0.127. The zero-order valence-corrected chi connectivity index (χ0v) is 15.9. The minimum absolute atomic E-state index is 0.193. The van der Waals surface area contributed by atoms with Gasteiger partial charge in [0.25, 0.3) is 0 Å². The SMILES string of the molecule is N#CC1CN(Cc2ccc(-c3cccn4nc(Nc5ccccc5)nc34)cc2)C1. The van der Waals surface area contributed by atoms with Crippen LogP contribution in [0.1, 0.15) is 5.56 Å². The third-order valence-corrected chi connectivity index (χ3v) is 5.20. The van der Waals surface area contributed by atoms with Gasteiger partial charge in [0.1, 0.15) is 0 Å². The highest BCUT2D eigenvalue weighted by Crippen LogP contribution is 2.26. The lowest BCUT2D eigenvalue weighted by Crippen LogP contribution is -2.45. The number of nitriles is 1. The number of fused-ring (bicyclic) bond motifs is 1. The van der Waals surface area contributed by atoms with E-state index in [1.165, 1.54) is 5.56 Å². The fraction of sp³-hybridized carbons (Fsp3) is 0.174. The molecule has 29 heavy (non-hydrogen) atoms. The second-order valence-electron chi connectivity index (χ2n) is 7.33. The average Bonchev–Trinajstić information content (AvgIpc) is 3.14. The predicted octanol–water partition coefficient (Wildman–Crippen LogP) is 4.10. The summed E-state index contributed by atoms with van der Waals surface area (Å²) in [6, 6.07) is 24.8. The summed E-state index contributed by atoms with van der Waals surface area (Å²) in [4.78, 5) is 6.99. The van der Waals surface area contributed by atoms with Gasteiger partial charge in [-0.15, -0.1) is 5.10 Å². The monoisotopic (exact) mass is 380 g/mol. The number of hydrogen-bond acceptors (Lipinski definition) is 5. The maximum Gasteiger partial charge on any atom is 0.247 e. The van der Waals surface area contributed by atoms with Crippen LogP contribution in [0.15, 0.2) is 72.9 Å². The summed E-state index contributed by atoms with van der Waals surface area (Å²) < 4.78 is 1.80. The maximum absolute atomic E-state index is 8.91. The van der Waals surface area contributed by atoms with Crippen molar-refractivity contribution in [2.24, 2.45) is 5.92 Å². The van der Waals surface area contributed by atoms with Crippen LogP contribution in [0.3, 0.4) is 0 Å². The Morgan fingerprint density at radius 1 is 1.00 bits per heavy atom. The zero-order chi connectivity index (χ0) is 19.6. The number of aromatic nitrogens is 3. The van der Waals surface area contributed by atoms with Gasteiger partial charge in [-0.3, -0.25) is 4.90 Å². The Kier molecular flexibility index (Phi) is 4.43. The number of nitrogens with one attached hydrogen (secondary N) is 1. The first-order valence-electron chi connectivity index (χ1n) is 9.67. The molecule has 6 nitrogen and oxygen atoms in total. The first kappa shape index (κ1) is 17.4. The van der Waals surface area contributed by atoms with Gasteiger partial charge < -0.3 is 5.32 Å². The van der Waals surface area contributed by atoms with Crippen molar-refractivity contribution in [1.82, 2.24) is 19.5 Å². The van der Waals surface area contributed by atoms with Crippen LogP contribution in [0.2, 0.25) is 0 Å². The highest BCUT2D eigenvalue weighted by molar-refractivity contribution is 5.78. The van der Waals surface area contributed by atoms with Gasteiger partial charge in [0, 0.05) is 37.1 Å². The summed E-state index contributed by atoms with van der Waals surface area (Å²) in [5.41, 5.74) is 5.18. The lowest BCUT2D eigenvalue weighted by atomic mass is 10.00. The first-order chi connectivity index (χ1) is 14.3. The molecule has 0 amide bonds. The molecule has 1 N–H and O–H groups in total. The van der Waals surface area contributed by atoms with Crippen molar-refractivity contribution in [2.45, 2.75) is 6.54 Å². The third-order valence-electron chi connectivity index (χ3n) is 5.20. The largest absolute Gasteiger partial charge is 0.323 e. The summed E-state index contributed by atoms with van der Waals surface area (Å²) >= 11 is 0. The minimum Gasteiger partial charge on any atom is -0.323 e. The molecule has 1 aliphatic rings. The summed E-state index contributed by atoms with van der Waals surface area (Å²) in [7, 11) is 0. The van der Waals surface area contributed by atoms with Crippen LogP contribution in [-0.2, 0) is 6.54 Å². The summed E-state index contributed by atoms with van der Waals surface area (Å²) in [6.07, 6.45) is 1.91. The van der Waals surface area contributed by atoms with Crippen molar-refractivity contribution >= 4 is 17.3 Å². The molecule has 2 aromatic heterocycles. The topological polar surface area (TPSA) is 69.2 Å². The van der Waals surface area contributed by atoms with Gasteiger partial charge in [0.05, 0.1) is 12.0 Å². The van der Waals surface area contributed by atoms with Crippen LogP contribution in [0.25, 0.3) is 16.8 Å². The number of nitrogens with zero attached hydrogens (tertiary/aromatic N) is 5. The molecule has 4 aromatic rings. The molecule has 1 saturated heterocycles. The molecular weight excluding hydrogens is 360 g/mol. The van der Waals surface area contributed by atoms with Crippen molar-refractivity contribution in [1.29, 1.82) is 5.26 Å². The zero-order valence-electron chi connectivity index (χ0n) is 15.9. The molecular formula is C23H20N6. The molecule has 0 radical (unpaired) electrons. The number of pyridine rings is 1. The van der Waals surface area contributed by atoms with Crippen LogP contribution in [0.5, 0.6) is 0 Å². The number of hydrogen-bond donors (Lipinski definition) is 1. The molecule has 0 bridgehead atoms. The molecule has 6 heteroatoms. The Morgan fingerprint density at radius 3 is 2.55 bits per heavy atom. The van der Waals surface area contributed by atoms with Crippen LogP contribution in [0, 0.1) is 17.2 Å². The van der Waals surface area contributed by atoms with E-state index in [1.54, 1.807) is 4.52 Å². The van der Waals surface area contributed by atoms with Gasteiger partial charge in [0.15, 0.2) is 5.65 Å². The van der Waals surface area contributed by atoms with E-state index in [4.69, 9.17) is 10.2 Å². The van der Waals surface area contributed by atoms with Crippen molar-refractivity contribution in [3.63, 3.8) is 0 Å². The molecule has 0 unspecified atom stereocenters. The molecule has 0 saturated carbocycles. The predicted molar refractivity (Wildman–Crippen MR) is 113 cm³/mol. The number of para-hydroxylation sites is 1. The van der Waals surface area contributed by atoms with E-state index >= 15 is 0 Å². The standard InChI is InChI=1S/C23H20N6/c24-13-18-15-28(16-18)14-17-8-10-19(11-9-17)21-7-4-12-29-22(21)26-23(27-29)25-20-5-2-1-3-6-20/h1-12,18H,14-16H2,(H,25,27). The molecule has 0 atom stereocenters. The third kappa shape index (κ3) is 3.56. The van der Waals surface area contributed by atoms with Crippen molar-refractivity contribution in [3.05, 3.63) is 78.5 Å². The minimum atomic E-state index is 0.193. The molecule has 5 rings (SSSR count). The average molecular weight is 380 g/mol. The van der Waals surface area contributed by atoms with E-state index in [2.05, 4.69) is 51.7 Å². The van der Waals surface area contributed by atoms with E-state index in [-0.39, 0.29) is 5.92 Å². The second kappa shape index (κ2) is 7.38. The van der Waals surface area contributed by atoms with E-state index in [0.29, 0.717) is 5.95 Å². The Balaban J connectivity index is 1.37. The normalized spacial score (nSPS) is 14.4. The van der Waals surface area contributed by atoms with Crippen molar-refractivity contribution in [3.8, 4) is 17.2 Å². The van der Waals surface area contributed by atoms with E-state index in [0.717, 1.165) is 42.1 Å². The van der Waals surface area contributed by atoms with Gasteiger partial charge in [-0.05, 0) is 35.4 Å². The summed E-state index contributed by atoms with van der Waals surface area (Å²) in [5, 5.41) is 16.7. The Hall–Kier alpha value is -3.69. The van der Waals surface area contributed by atoms with E-state index in [1.807, 2.05) is 42.6 Å². The highest BCUT2D eigenvalue weighted by Gasteiger charge is 2.25. The molecule has 0 spiro atoms. The van der Waals surface area contributed by atoms with Crippen LogP contribution in [0.4, 0.5) is 11.6 Å². The summed E-state index contributed by atoms with van der Waals surface area (Å²) in [5.74, 6) is 0.767. The van der Waals surface area contributed by atoms with Crippen molar-refractivity contribution < 1.29 is 0 Å². The van der Waals surface area contributed by atoms with E-state index in [9.17, 15) is 0 Å². The fourth-order valence-electron chi connectivity index (χ4n) is 3.66.